The number of aromatic nitrogens is 2. The first-order chi connectivity index (χ1) is 45.3. The van der Waals surface area contributed by atoms with Gasteiger partial charge in [-0.25, -0.2) is 9.69 Å². The third-order valence-corrected chi connectivity index (χ3v) is 17.5. The van der Waals surface area contributed by atoms with Crippen molar-refractivity contribution in [1.29, 1.82) is 0 Å². The molecule has 0 bridgehead atoms. The number of hydrogen-bond acceptors (Lipinski definition) is 0. The maximum absolute atomic E-state index is 15.0. The van der Waals surface area contributed by atoms with E-state index in [1.54, 1.807) is 96.4 Å². The molecule has 0 aliphatic heterocycles. The van der Waals surface area contributed by atoms with Crippen molar-refractivity contribution in [3.05, 3.63) is 273 Å². The molecule has 0 aliphatic rings. The summed E-state index contributed by atoms with van der Waals surface area (Å²) in [5.41, 5.74) is -0.473. The smallest absolute Gasteiger partial charge is 0.310 e. The van der Waals surface area contributed by atoms with Gasteiger partial charge in [0, 0.05) is 32.8 Å². The Kier molecular flexibility index (Phi) is 15.2. The molecule has 0 aliphatic carbocycles. The van der Waals surface area contributed by atoms with Gasteiger partial charge < -0.3 is 9.13 Å². The molecule has 0 N–H and O–H groups in total. The molecule has 96 heavy (non-hydrogen) atoms. The summed E-state index contributed by atoms with van der Waals surface area (Å²) in [5, 5.41) is 1.17. The second-order valence-corrected chi connectivity index (χ2v) is 23.6. The maximum Gasteiger partial charge on any atom is 0.417 e. The molecule has 0 atom stereocenters. The normalized spacial score (nSPS) is 12.5. The van der Waals surface area contributed by atoms with Gasteiger partial charge in [0.25, 0.3) is 0 Å². The molecule has 0 saturated carbocycles. The van der Waals surface area contributed by atoms with E-state index < -0.39 is 64.3 Å². The van der Waals surface area contributed by atoms with E-state index in [9.17, 15) is 39.5 Å². The van der Waals surface area contributed by atoms with Gasteiger partial charge in [0.05, 0.1) is 68.7 Å². The quantitative estimate of drug-likeness (QED) is 0.107. The molecule has 0 unspecified atom stereocenters. The summed E-state index contributed by atoms with van der Waals surface area (Å²) in [6, 6.07) is 45.8. The van der Waals surface area contributed by atoms with E-state index in [1.807, 2.05) is 4.57 Å². The zero-order valence-electron chi connectivity index (χ0n) is 50.5. The molecular formula is C77H45F15N4. The van der Waals surface area contributed by atoms with Crippen molar-refractivity contribution in [2.24, 2.45) is 0 Å². The minimum Gasteiger partial charge on any atom is -0.310 e. The maximum atomic E-state index is 15.0. The van der Waals surface area contributed by atoms with Crippen LogP contribution >= 0.6 is 0 Å². The number of aryl methyl sites for hydroxylation is 4. The lowest BCUT2D eigenvalue weighted by atomic mass is 9.92. The average Bonchev–Trinajstić information content (AvgIpc) is 1.55. The van der Waals surface area contributed by atoms with Crippen molar-refractivity contribution in [2.75, 3.05) is 0 Å². The molecule has 2 aromatic heterocycles. The Balaban J connectivity index is 1.13. The minimum atomic E-state index is -5.31. The molecule has 2 heterocycles. The number of rotatable bonds is 8. The van der Waals surface area contributed by atoms with Gasteiger partial charge in [-0.2, -0.15) is 65.9 Å². The molecule has 13 rings (SSSR count). The highest BCUT2D eigenvalue weighted by Crippen LogP contribution is 2.51. The van der Waals surface area contributed by atoms with Crippen LogP contribution in [0, 0.1) is 40.8 Å². The van der Waals surface area contributed by atoms with Crippen LogP contribution in [0.1, 0.15) is 50.1 Å². The Hall–Kier alpha value is -11.1. The van der Waals surface area contributed by atoms with Crippen LogP contribution in [0.15, 0.2) is 200 Å². The molecule has 0 fully saturated rings. The van der Waals surface area contributed by atoms with Crippen molar-refractivity contribution in [1.82, 2.24) is 9.13 Å². The van der Waals surface area contributed by atoms with E-state index in [1.165, 1.54) is 93.6 Å². The summed E-state index contributed by atoms with van der Waals surface area (Å²) in [6.45, 7) is 23.0. The first kappa shape index (κ1) is 63.7. The number of halogens is 15. The minimum absolute atomic E-state index is 0.00831. The Bertz CT molecular complexity index is 5480. The van der Waals surface area contributed by atoms with Crippen LogP contribution in [0.2, 0.25) is 0 Å². The Labute approximate surface area is 537 Å². The van der Waals surface area contributed by atoms with Crippen LogP contribution in [0.25, 0.3) is 131 Å². The van der Waals surface area contributed by atoms with Crippen LogP contribution in [0.4, 0.5) is 77.2 Å². The van der Waals surface area contributed by atoms with Crippen molar-refractivity contribution in [3.63, 3.8) is 0 Å². The average molecular weight is 1310 g/mol. The van der Waals surface area contributed by atoms with E-state index in [4.69, 9.17) is 13.1 Å². The predicted molar refractivity (Wildman–Crippen MR) is 344 cm³/mol. The Morgan fingerprint density at radius 1 is 0.302 bits per heavy atom. The van der Waals surface area contributed by atoms with Gasteiger partial charge in [-0.15, -0.1) is 0 Å². The number of benzene rings is 11. The van der Waals surface area contributed by atoms with Crippen molar-refractivity contribution >= 4 is 55.0 Å². The van der Waals surface area contributed by atoms with E-state index in [0.717, 1.165) is 24.3 Å². The summed E-state index contributed by atoms with van der Waals surface area (Å²) in [4.78, 5) is 7.66. The van der Waals surface area contributed by atoms with E-state index >= 15 is 26.3 Å². The molecule has 4 nitrogen and oxygen atoms in total. The van der Waals surface area contributed by atoms with Gasteiger partial charge in [-0.1, -0.05) is 114 Å². The highest BCUT2D eigenvalue weighted by Gasteiger charge is 2.40. The summed E-state index contributed by atoms with van der Waals surface area (Å²) < 4.78 is 223. The largest absolute Gasteiger partial charge is 0.417 e. The number of alkyl halides is 15. The lowest BCUT2D eigenvalue weighted by Gasteiger charge is -2.21. The van der Waals surface area contributed by atoms with E-state index in [-0.39, 0.29) is 78.2 Å². The summed E-state index contributed by atoms with van der Waals surface area (Å²) in [5.74, 6) is 0. The fourth-order valence-electron chi connectivity index (χ4n) is 13.1. The number of hydrogen-bond donors (Lipinski definition) is 0. The van der Waals surface area contributed by atoms with Crippen LogP contribution < -0.4 is 0 Å². The monoisotopic (exact) mass is 1310 g/mol. The Morgan fingerprint density at radius 3 is 1.09 bits per heavy atom. The van der Waals surface area contributed by atoms with Gasteiger partial charge in [-0.3, -0.25) is 0 Å². The molecule has 19 heteroatoms. The highest BCUT2D eigenvalue weighted by atomic mass is 19.4. The number of fused-ring (bicyclic) bond motifs is 6. The fourth-order valence-corrected chi connectivity index (χ4v) is 13.1. The molecule has 478 valence electrons. The molecule has 0 saturated heterocycles. The predicted octanol–water partition coefficient (Wildman–Crippen LogP) is 25.3. The Morgan fingerprint density at radius 2 is 0.677 bits per heavy atom. The highest BCUT2D eigenvalue weighted by molar-refractivity contribution is 6.15. The lowest BCUT2D eigenvalue weighted by Crippen LogP contribution is -2.12. The summed E-state index contributed by atoms with van der Waals surface area (Å²) in [6.07, 6.45) is -24.8. The molecule has 13 aromatic rings. The molecule has 0 spiro atoms. The molecule has 11 aromatic carbocycles. The van der Waals surface area contributed by atoms with E-state index in [2.05, 4.69) is 9.69 Å². The zero-order chi connectivity index (χ0) is 68.5. The van der Waals surface area contributed by atoms with Crippen molar-refractivity contribution < 1.29 is 65.9 Å². The van der Waals surface area contributed by atoms with Crippen LogP contribution in [-0.2, 0) is 30.9 Å². The SMILES string of the molecule is [C-]#[N+]c1ccc(-c2ccc(-n3c4ccc(-c5ccc(C(F)(F)F)cc5C)cc4c4cc(-c5ccc(C)cc5C(F)(F)F)ccc43)c(-c3c([N+]#[C-])cccc3-n3c4ccc(-c5ccc(C)cc5C(F)(F)F)cc4c4cc(-c5ccc(C(F)(F)F)cc5C(F)(F)F)ccc43)c2)c(C)c1. The molecule has 0 radical (unpaired) electrons. The van der Waals surface area contributed by atoms with Crippen LogP contribution in [-0.4, -0.2) is 9.13 Å². The van der Waals surface area contributed by atoms with Gasteiger partial charge in [0.2, 0.25) is 0 Å². The third kappa shape index (κ3) is 11.2. The first-order valence-corrected chi connectivity index (χ1v) is 29.4. The second kappa shape index (κ2) is 22.9. The first-order valence-electron chi connectivity index (χ1n) is 29.4. The van der Waals surface area contributed by atoms with Gasteiger partial charge >= 0.3 is 30.9 Å². The van der Waals surface area contributed by atoms with Crippen molar-refractivity contribution in [2.45, 2.75) is 58.6 Å². The van der Waals surface area contributed by atoms with Gasteiger partial charge in [-0.05, 0) is 198 Å². The third-order valence-electron chi connectivity index (χ3n) is 17.5. The van der Waals surface area contributed by atoms with Crippen LogP contribution in [0.5, 0.6) is 0 Å². The lowest BCUT2D eigenvalue weighted by molar-refractivity contribution is -0.143. The summed E-state index contributed by atoms with van der Waals surface area (Å²) in [7, 11) is 0. The van der Waals surface area contributed by atoms with Crippen LogP contribution in [0.3, 0.4) is 0 Å². The zero-order valence-corrected chi connectivity index (χ0v) is 50.5. The topological polar surface area (TPSA) is 18.6 Å². The molecule has 0 amide bonds. The summed E-state index contributed by atoms with van der Waals surface area (Å²) >= 11 is 0. The standard InChI is InChI=1S/C77H45F15N4/c1-40-10-20-54(62(30-40)75(84,85)86)46-14-26-67-58(35-46)57-34-44(52-22-17-49(32-42(52)3)73(78,79)80)12-25-66(57)95(67)70-29-13-45(53-24-19-51(93-5)33-43(53)4)38-61(70)72-65(94-6)8-7-9-71(72)96-68-27-15-47(55-21-11-41(2)31-63(55)76(87,88)89)36-59(68)60-37-48(16-28-69(60)96)56-23-18-50(74(81,82)83)39-64(56)77(90,91)92/h7-39H,1-4H3. The fraction of sp³-hybridized carbons (Fsp3) is 0.117. The van der Waals surface area contributed by atoms with Crippen molar-refractivity contribution in [3.8, 4) is 78.1 Å². The second-order valence-electron chi connectivity index (χ2n) is 23.6. The van der Waals surface area contributed by atoms with Gasteiger partial charge in [0.15, 0.2) is 11.4 Å². The van der Waals surface area contributed by atoms with Gasteiger partial charge in [0.1, 0.15) is 0 Å². The molecular weight excluding hydrogens is 1270 g/mol. The van der Waals surface area contributed by atoms with E-state index in [0.29, 0.717) is 89.8 Å². The number of nitrogens with zero attached hydrogens (tertiary/aromatic N) is 4.